The lowest BCUT2D eigenvalue weighted by Crippen LogP contribution is -2.13. The van der Waals surface area contributed by atoms with Crippen molar-refractivity contribution in [3.05, 3.63) is 34.9 Å². The third-order valence-corrected chi connectivity index (χ3v) is 4.13. The minimum absolute atomic E-state index is 0.353. The first-order valence-electron chi connectivity index (χ1n) is 4.69. The molecule has 0 heterocycles. The van der Waals surface area contributed by atoms with Gasteiger partial charge in [0.25, 0.3) is 0 Å². The van der Waals surface area contributed by atoms with Crippen molar-refractivity contribution in [2.24, 2.45) is 0 Å². The molecule has 0 saturated carbocycles. The summed E-state index contributed by atoms with van der Waals surface area (Å²) in [6, 6.07) is 9.33. The van der Waals surface area contributed by atoms with E-state index in [1.165, 1.54) is 0 Å². The lowest BCUT2D eigenvalue weighted by molar-refractivity contribution is 0.675. The maximum atomic E-state index is 11.8. The van der Waals surface area contributed by atoms with Crippen LogP contribution in [0.3, 0.4) is 0 Å². The number of benzene rings is 1. The van der Waals surface area contributed by atoms with Gasteiger partial charge in [-0.15, -0.1) is 0 Å². The highest BCUT2D eigenvalue weighted by atomic mass is 35.5. The van der Waals surface area contributed by atoms with E-state index >= 15 is 0 Å². The van der Waals surface area contributed by atoms with Crippen LogP contribution in [-0.2, 0) is 16.6 Å². The summed E-state index contributed by atoms with van der Waals surface area (Å²) in [4.78, 5) is 0. The molecule has 0 amide bonds. The van der Waals surface area contributed by atoms with Crippen LogP contribution >= 0.6 is 11.6 Å². The molecule has 1 aromatic carbocycles. The van der Waals surface area contributed by atoms with Crippen molar-refractivity contribution >= 4 is 22.4 Å². The summed E-state index contributed by atoms with van der Waals surface area (Å²) in [6.45, 7) is 1.86. The molecule has 2 unspecified atom stereocenters. The van der Waals surface area contributed by atoms with Crippen LogP contribution in [0.15, 0.2) is 24.3 Å². The van der Waals surface area contributed by atoms with E-state index in [4.69, 9.17) is 16.9 Å². The lowest BCUT2D eigenvalue weighted by Gasteiger charge is -2.07. The van der Waals surface area contributed by atoms with Crippen LogP contribution in [0.2, 0.25) is 5.02 Å². The molecule has 0 aromatic heterocycles. The van der Waals surface area contributed by atoms with Gasteiger partial charge in [-0.2, -0.15) is 5.26 Å². The third-order valence-electron chi connectivity index (χ3n) is 2.09. The summed E-state index contributed by atoms with van der Waals surface area (Å²) >= 11 is 5.94. The van der Waals surface area contributed by atoms with Crippen LogP contribution in [0.4, 0.5) is 0 Å². The summed E-state index contributed by atoms with van der Waals surface area (Å²) in [7, 11) is -1.16. The van der Waals surface area contributed by atoms with Crippen molar-refractivity contribution in [3.8, 4) is 6.07 Å². The first-order chi connectivity index (χ1) is 7.19. The second-order valence-corrected chi connectivity index (χ2v) is 5.17. The van der Waals surface area contributed by atoms with Gasteiger partial charge in [0, 0.05) is 15.8 Å². The predicted octanol–water partition coefficient (Wildman–Crippen LogP) is 2.89. The van der Waals surface area contributed by atoms with Gasteiger partial charge in [-0.1, -0.05) is 36.7 Å². The fraction of sp³-hybridized carbons (Fsp3) is 0.364. The Morgan fingerprint density at radius 3 is 2.73 bits per heavy atom. The first-order valence-corrected chi connectivity index (χ1v) is 6.45. The number of nitrogens with zero attached hydrogens (tertiary/aromatic N) is 1. The average molecular weight is 242 g/mol. The third kappa shape index (κ3) is 3.33. The number of rotatable bonds is 4. The molecule has 0 aliphatic rings. The van der Waals surface area contributed by atoms with Crippen molar-refractivity contribution < 1.29 is 4.21 Å². The molecule has 0 fully saturated rings. The highest BCUT2D eigenvalue weighted by Gasteiger charge is 2.14. The molecule has 80 valence electrons. The van der Waals surface area contributed by atoms with Gasteiger partial charge in [0.15, 0.2) is 0 Å². The molecule has 2 nitrogen and oxygen atoms in total. The summed E-state index contributed by atoms with van der Waals surface area (Å²) in [5.41, 5.74) is 0.839. The molecule has 0 saturated heterocycles. The van der Waals surface area contributed by atoms with E-state index in [1.54, 1.807) is 6.07 Å². The van der Waals surface area contributed by atoms with E-state index in [9.17, 15) is 4.21 Å². The van der Waals surface area contributed by atoms with E-state index in [0.717, 1.165) is 5.56 Å². The van der Waals surface area contributed by atoms with Crippen molar-refractivity contribution in [3.63, 3.8) is 0 Å². The largest absolute Gasteiger partial charge is 0.258 e. The van der Waals surface area contributed by atoms with Gasteiger partial charge in [0.05, 0.1) is 11.8 Å². The molecule has 0 aliphatic carbocycles. The summed E-state index contributed by atoms with van der Waals surface area (Å²) in [5, 5.41) is 8.98. The molecule has 4 heteroatoms. The lowest BCUT2D eigenvalue weighted by atomic mass is 10.2. The maximum absolute atomic E-state index is 11.8. The molecule has 1 aromatic rings. The number of hydrogen-bond acceptors (Lipinski definition) is 2. The van der Waals surface area contributed by atoms with Gasteiger partial charge in [-0.05, 0) is 18.1 Å². The zero-order valence-electron chi connectivity index (χ0n) is 8.44. The van der Waals surface area contributed by atoms with Crippen LogP contribution in [0, 0.1) is 11.3 Å². The molecule has 0 radical (unpaired) electrons. The molecule has 1 rings (SSSR count). The fourth-order valence-electron chi connectivity index (χ4n) is 1.21. The Labute approximate surface area is 97.3 Å². The predicted molar refractivity (Wildman–Crippen MR) is 63.0 cm³/mol. The minimum atomic E-state index is -1.16. The van der Waals surface area contributed by atoms with Crippen LogP contribution in [0.25, 0.3) is 0 Å². The second-order valence-electron chi connectivity index (χ2n) is 3.14. The highest BCUT2D eigenvalue weighted by molar-refractivity contribution is 7.85. The molecule has 0 spiro atoms. The Balaban J connectivity index is 2.75. The normalized spacial score (nSPS) is 14.2. The molecule has 15 heavy (non-hydrogen) atoms. The van der Waals surface area contributed by atoms with Gasteiger partial charge in [-0.3, -0.25) is 4.21 Å². The quantitative estimate of drug-likeness (QED) is 0.813. The summed E-state index contributed by atoms with van der Waals surface area (Å²) in [5.74, 6) is 0.353. The Kier molecular flexibility index (Phi) is 4.80. The van der Waals surface area contributed by atoms with Crippen molar-refractivity contribution in [2.75, 3.05) is 0 Å². The van der Waals surface area contributed by atoms with Gasteiger partial charge in [0.2, 0.25) is 0 Å². The highest BCUT2D eigenvalue weighted by Crippen LogP contribution is 2.18. The van der Waals surface area contributed by atoms with Crippen molar-refractivity contribution in [2.45, 2.75) is 24.3 Å². The van der Waals surface area contributed by atoms with Crippen LogP contribution in [0.5, 0.6) is 0 Å². The molecule has 0 aliphatic heterocycles. The molecular weight excluding hydrogens is 230 g/mol. The molecule has 2 atom stereocenters. The van der Waals surface area contributed by atoms with Crippen LogP contribution in [0.1, 0.15) is 18.9 Å². The SMILES string of the molecule is CCC(C#N)S(=O)Cc1ccccc1Cl. The Hall–Kier alpha value is -0.850. The summed E-state index contributed by atoms with van der Waals surface area (Å²) < 4.78 is 11.8. The minimum Gasteiger partial charge on any atom is -0.258 e. The topological polar surface area (TPSA) is 40.9 Å². The maximum Gasteiger partial charge on any atom is 0.121 e. The molecule has 0 bridgehead atoms. The molecular formula is C11H12ClNOS. The van der Waals surface area contributed by atoms with E-state index in [2.05, 4.69) is 0 Å². The number of nitriles is 1. The average Bonchev–Trinajstić information content (AvgIpc) is 2.23. The Bertz CT molecular complexity index is 400. The van der Waals surface area contributed by atoms with Crippen molar-refractivity contribution in [1.29, 1.82) is 5.26 Å². The van der Waals surface area contributed by atoms with E-state index in [1.807, 2.05) is 31.2 Å². The monoisotopic (exact) mass is 241 g/mol. The second kappa shape index (κ2) is 5.89. The zero-order chi connectivity index (χ0) is 11.3. The first kappa shape index (κ1) is 12.2. The van der Waals surface area contributed by atoms with E-state index in [0.29, 0.717) is 17.2 Å². The Morgan fingerprint density at radius 2 is 2.20 bits per heavy atom. The van der Waals surface area contributed by atoms with E-state index in [-0.39, 0.29) is 0 Å². The zero-order valence-corrected chi connectivity index (χ0v) is 10.0. The smallest absolute Gasteiger partial charge is 0.121 e. The van der Waals surface area contributed by atoms with Gasteiger partial charge >= 0.3 is 0 Å². The van der Waals surface area contributed by atoms with Crippen molar-refractivity contribution in [1.82, 2.24) is 0 Å². The number of halogens is 1. The van der Waals surface area contributed by atoms with E-state index < -0.39 is 16.0 Å². The van der Waals surface area contributed by atoms with Gasteiger partial charge < -0.3 is 0 Å². The Morgan fingerprint density at radius 1 is 1.53 bits per heavy atom. The van der Waals surface area contributed by atoms with Crippen LogP contribution in [-0.4, -0.2) is 9.46 Å². The van der Waals surface area contributed by atoms with Gasteiger partial charge in [0.1, 0.15) is 5.25 Å². The molecule has 0 N–H and O–H groups in total. The summed E-state index contributed by atoms with van der Waals surface area (Å²) in [6.07, 6.45) is 0.605. The fourth-order valence-corrected chi connectivity index (χ4v) is 2.74. The van der Waals surface area contributed by atoms with Crippen LogP contribution < -0.4 is 0 Å². The number of hydrogen-bond donors (Lipinski definition) is 0. The standard InChI is InChI=1S/C11H12ClNOS/c1-2-10(7-13)15(14)8-9-5-3-4-6-11(9)12/h3-6,10H,2,8H2,1H3. The van der Waals surface area contributed by atoms with Gasteiger partial charge in [-0.25, -0.2) is 0 Å².